The number of nitrogens with one attached hydrogen (secondary N) is 3. The molecule has 0 amide bonds. The number of pyridine rings is 2. The molecule has 1 saturated heterocycles. The second kappa shape index (κ2) is 10.4. The Morgan fingerprint density at radius 2 is 1.92 bits per heavy atom. The van der Waals surface area contributed by atoms with E-state index in [-0.39, 0.29) is 5.56 Å². The van der Waals surface area contributed by atoms with Crippen LogP contribution in [0, 0.1) is 5.41 Å². The quantitative estimate of drug-likeness (QED) is 0.129. The van der Waals surface area contributed by atoms with Crippen molar-refractivity contribution in [2.45, 2.75) is 19.9 Å². The minimum Gasteiger partial charge on any atom is -0.480 e. The molecule has 0 spiro atoms. The maximum Gasteiger partial charge on any atom is 0.259 e. The zero-order chi connectivity index (χ0) is 27.7. The Labute approximate surface area is 226 Å². The molecule has 0 unspecified atom stereocenters. The molecule has 202 valence electrons. The molecule has 0 aliphatic carbocycles. The third kappa shape index (κ3) is 5.18. The first kappa shape index (κ1) is 26.3. The second-order valence-corrected chi connectivity index (χ2v) is 10.3. The molecule has 0 bridgehead atoms. The van der Waals surface area contributed by atoms with Gasteiger partial charge in [0.2, 0.25) is 11.7 Å². The minimum atomic E-state index is -0.268. The van der Waals surface area contributed by atoms with Gasteiger partial charge in [-0.2, -0.15) is 0 Å². The summed E-state index contributed by atoms with van der Waals surface area (Å²) in [6.45, 7) is 8.01. The molecule has 4 heterocycles. The molecule has 1 aliphatic rings. The zero-order valence-corrected chi connectivity index (χ0v) is 22.7. The lowest BCUT2D eigenvalue weighted by molar-refractivity contribution is -0.826. The van der Waals surface area contributed by atoms with E-state index in [1.54, 1.807) is 24.5 Å². The molecular weight excluding hydrogens is 494 g/mol. The fourth-order valence-electron chi connectivity index (χ4n) is 4.95. The van der Waals surface area contributed by atoms with E-state index >= 15 is 0 Å². The van der Waals surface area contributed by atoms with E-state index in [2.05, 4.69) is 46.1 Å². The number of piperazine rings is 1. The van der Waals surface area contributed by atoms with Crippen molar-refractivity contribution in [2.75, 3.05) is 51.4 Å². The molecular formula is C28H34N9O2+. The molecule has 3 aromatic heterocycles. The molecule has 0 saturated carbocycles. The predicted molar refractivity (Wildman–Crippen MR) is 154 cm³/mol. The Kier molecular flexibility index (Phi) is 7.02. The number of aromatic nitrogens is 4. The number of likely N-dealkylation sites (N-methyl/N-ethyl adjacent to an activating group) is 1. The van der Waals surface area contributed by atoms with Crippen molar-refractivity contribution in [1.29, 1.82) is 5.41 Å². The van der Waals surface area contributed by atoms with Gasteiger partial charge >= 0.3 is 0 Å². The maximum atomic E-state index is 12.8. The van der Waals surface area contributed by atoms with Crippen LogP contribution in [0.2, 0.25) is 0 Å². The van der Waals surface area contributed by atoms with Gasteiger partial charge in [-0.3, -0.25) is 19.2 Å². The van der Waals surface area contributed by atoms with E-state index in [1.165, 1.54) is 13.3 Å². The average molecular weight is 529 g/mol. The Morgan fingerprint density at radius 3 is 2.62 bits per heavy atom. The van der Waals surface area contributed by atoms with Gasteiger partial charge in [-0.05, 0) is 49.6 Å². The van der Waals surface area contributed by atoms with Crippen LogP contribution in [0.1, 0.15) is 19.4 Å². The number of rotatable bonds is 6. The number of anilines is 3. The van der Waals surface area contributed by atoms with Gasteiger partial charge in [0.15, 0.2) is 0 Å². The van der Waals surface area contributed by atoms with Crippen molar-refractivity contribution in [3.8, 4) is 17.3 Å². The number of hydrogen-bond donors (Lipinski definition) is 4. The van der Waals surface area contributed by atoms with Crippen LogP contribution >= 0.6 is 0 Å². The highest BCUT2D eigenvalue weighted by Gasteiger charge is 2.35. The number of benzene rings is 1. The largest absolute Gasteiger partial charge is 0.480 e. The predicted octanol–water partition coefficient (Wildman–Crippen LogP) is 3.21. The second-order valence-electron chi connectivity index (χ2n) is 10.3. The van der Waals surface area contributed by atoms with Crippen LogP contribution in [0.15, 0.2) is 53.7 Å². The van der Waals surface area contributed by atoms with Gasteiger partial charge < -0.3 is 20.8 Å². The summed E-state index contributed by atoms with van der Waals surface area (Å²) in [5.74, 6) is 1.23. The summed E-state index contributed by atoms with van der Waals surface area (Å²) < 4.78 is 5.75. The van der Waals surface area contributed by atoms with E-state index in [9.17, 15) is 4.79 Å². The number of quaternary nitrogens is 1. The summed E-state index contributed by atoms with van der Waals surface area (Å²) in [7, 11) is 3.62. The molecule has 1 aliphatic heterocycles. The molecule has 0 radical (unpaired) electrons. The van der Waals surface area contributed by atoms with Gasteiger partial charge in [-0.1, -0.05) is 0 Å². The summed E-state index contributed by atoms with van der Waals surface area (Å²) in [5, 5.41) is 13.4. The normalized spacial score (nSPS) is 15.4. The lowest BCUT2D eigenvalue weighted by Gasteiger charge is -2.42. The summed E-state index contributed by atoms with van der Waals surface area (Å²) in [4.78, 5) is 31.3. The van der Waals surface area contributed by atoms with Crippen molar-refractivity contribution in [2.24, 2.45) is 0 Å². The monoisotopic (exact) mass is 528 g/mol. The van der Waals surface area contributed by atoms with Crippen LogP contribution in [0.5, 0.6) is 5.88 Å². The number of amidine groups is 1. The van der Waals surface area contributed by atoms with Crippen LogP contribution in [0.3, 0.4) is 0 Å². The first-order valence-electron chi connectivity index (χ1n) is 12.9. The highest BCUT2D eigenvalue weighted by Crippen LogP contribution is 2.30. The van der Waals surface area contributed by atoms with Gasteiger partial charge in [-0.25, -0.2) is 15.4 Å². The highest BCUT2D eigenvalue weighted by molar-refractivity contribution is 5.98. The first-order chi connectivity index (χ1) is 18.7. The summed E-state index contributed by atoms with van der Waals surface area (Å²) >= 11 is 0. The van der Waals surface area contributed by atoms with Crippen LogP contribution in [0.4, 0.5) is 17.2 Å². The maximum absolute atomic E-state index is 12.8. The topological polar surface area (TPSA) is 146 Å². The number of nitrogen functional groups attached to an aromatic ring is 1. The van der Waals surface area contributed by atoms with Gasteiger partial charge in [-0.15, -0.1) is 0 Å². The van der Waals surface area contributed by atoms with Crippen LogP contribution in [-0.4, -0.2) is 81.5 Å². The molecule has 11 heteroatoms. The van der Waals surface area contributed by atoms with Crippen LogP contribution in [-0.2, 0) is 0 Å². The summed E-state index contributed by atoms with van der Waals surface area (Å²) in [6.07, 6.45) is 4.71. The zero-order valence-electron chi connectivity index (χ0n) is 22.7. The Bertz CT molecular complexity index is 1590. The van der Waals surface area contributed by atoms with E-state index in [1.807, 2.05) is 18.2 Å². The van der Waals surface area contributed by atoms with E-state index in [4.69, 9.17) is 20.9 Å². The number of hydrogen-bond acceptors (Lipinski definition) is 9. The first-order valence-corrected chi connectivity index (χ1v) is 12.9. The Morgan fingerprint density at radius 1 is 1.15 bits per heavy atom. The lowest BCUT2D eigenvalue weighted by atomic mass is 10.1. The Balaban J connectivity index is 1.47. The van der Waals surface area contributed by atoms with E-state index in [0.29, 0.717) is 67.2 Å². The standard InChI is InChI=1S/C28H33N9O2/c1-17(2)36-9-11-37(3,12-10-36)26(30)20-6-5-19(14-21(20)29)33-27-25-18(7-8-32-28(25)38)13-22(35-27)23-15-31-16-24(34-23)39-4/h5-8,13-17H,9-12H2,1-4H3,(H4-,29,30,32,33,35,38)/p+1. The average Bonchev–Trinajstić information content (AvgIpc) is 2.93. The molecule has 4 aromatic rings. The molecule has 0 atom stereocenters. The van der Waals surface area contributed by atoms with E-state index in [0.717, 1.165) is 26.2 Å². The fraction of sp³-hybridized carbons (Fsp3) is 0.321. The van der Waals surface area contributed by atoms with Crippen molar-refractivity contribution in [3.05, 3.63) is 64.8 Å². The smallest absolute Gasteiger partial charge is 0.259 e. The van der Waals surface area contributed by atoms with Gasteiger partial charge in [0.25, 0.3) is 5.56 Å². The molecule has 1 aromatic carbocycles. The van der Waals surface area contributed by atoms with E-state index < -0.39 is 0 Å². The number of nitrogens with two attached hydrogens (primary N) is 1. The molecule has 39 heavy (non-hydrogen) atoms. The molecule has 11 nitrogen and oxygen atoms in total. The summed E-state index contributed by atoms with van der Waals surface area (Å²) in [6, 6.07) is 9.60. The van der Waals surface area contributed by atoms with Gasteiger partial charge in [0.1, 0.15) is 11.5 Å². The van der Waals surface area contributed by atoms with Gasteiger partial charge in [0, 0.05) is 36.7 Å². The van der Waals surface area contributed by atoms with Crippen LogP contribution < -0.4 is 21.3 Å². The number of nitrogens with zero attached hydrogens (tertiary/aromatic N) is 5. The number of fused-ring (bicyclic) bond motifs is 1. The fourth-order valence-corrected chi connectivity index (χ4v) is 4.95. The number of methoxy groups -OCH3 is 1. The number of ether oxygens (including phenoxy) is 1. The lowest BCUT2D eigenvalue weighted by Crippen LogP contribution is -2.61. The van der Waals surface area contributed by atoms with Crippen LogP contribution in [0.25, 0.3) is 22.2 Å². The minimum absolute atomic E-state index is 0.268. The van der Waals surface area contributed by atoms with Gasteiger partial charge in [0.05, 0.1) is 56.3 Å². The number of H-pyrrole nitrogens is 1. The highest BCUT2D eigenvalue weighted by atomic mass is 16.5. The molecule has 1 fully saturated rings. The van der Waals surface area contributed by atoms with Crippen molar-refractivity contribution >= 4 is 33.8 Å². The summed E-state index contributed by atoms with van der Waals surface area (Å²) in [5.41, 5.74) is 9.12. The number of aromatic amines is 1. The Hall–Kier alpha value is -4.35. The third-order valence-corrected chi connectivity index (χ3v) is 7.44. The third-order valence-electron chi connectivity index (χ3n) is 7.44. The molecule has 5 N–H and O–H groups in total. The van der Waals surface area contributed by atoms with Crippen molar-refractivity contribution < 1.29 is 9.22 Å². The van der Waals surface area contributed by atoms with Crippen molar-refractivity contribution in [1.82, 2.24) is 24.8 Å². The molecule has 5 rings (SSSR count). The van der Waals surface area contributed by atoms with Crippen molar-refractivity contribution in [3.63, 3.8) is 0 Å². The SMILES string of the molecule is COc1cncc(-c2cc3cc[nH]c(=O)c3c(Nc3ccc(C(=N)[N+]4(C)CCN(C(C)C)CC4)c(N)c3)n2)n1.